The van der Waals surface area contributed by atoms with Gasteiger partial charge in [-0.1, -0.05) is 30.8 Å². The number of carbonyl (C=O) groups is 1. The van der Waals surface area contributed by atoms with Crippen molar-refractivity contribution in [2.24, 2.45) is 0 Å². The molecule has 0 aliphatic heterocycles. The van der Waals surface area contributed by atoms with Crippen LogP contribution in [0.25, 0.3) is 11.4 Å². The summed E-state index contributed by atoms with van der Waals surface area (Å²) in [6.07, 6.45) is 1.68. The van der Waals surface area contributed by atoms with Crippen molar-refractivity contribution in [3.05, 3.63) is 48.5 Å². The fraction of sp³-hybridized carbons (Fsp3) is 0.263. The van der Waals surface area contributed by atoms with Gasteiger partial charge in [-0.15, -0.1) is 0 Å². The highest BCUT2D eigenvalue weighted by Gasteiger charge is 2.16. The summed E-state index contributed by atoms with van der Waals surface area (Å²) in [5.74, 6) is 2.02. The maximum atomic E-state index is 12.2. The van der Waals surface area contributed by atoms with E-state index in [0.717, 1.165) is 11.3 Å². The average molecular weight is 384 g/mol. The number of pyridine rings is 1. The molecule has 0 saturated heterocycles. The molecule has 0 atom stereocenters. The van der Waals surface area contributed by atoms with Gasteiger partial charge in [0.2, 0.25) is 17.6 Å². The minimum atomic E-state index is -0.127. The molecule has 7 nitrogen and oxygen atoms in total. The molecule has 0 fully saturated rings. The van der Waals surface area contributed by atoms with E-state index in [1.807, 2.05) is 26.0 Å². The summed E-state index contributed by atoms with van der Waals surface area (Å²) in [6, 6.07) is 10.8. The van der Waals surface area contributed by atoms with Crippen molar-refractivity contribution in [3.63, 3.8) is 0 Å². The van der Waals surface area contributed by atoms with Crippen LogP contribution in [-0.4, -0.2) is 33.9 Å². The zero-order valence-corrected chi connectivity index (χ0v) is 16.1. The zero-order valence-electron chi connectivity index (χ0n) is 15.3. The Hall–Kier alpha value is -2.87. The van der Waals surface area contributed by atoms with Crippen LogP contribution in [-0.2, 0) is 4.79 Å². The SMILES string of the molecule is COc1ccc(NC(=O)CSc2ncccc2-c2noc(C(C)C)n2)cc1. The van der Waals surface area contributed by atoms with Gasteiger partial charge < -0.3 is 14.6 Å². The molecule has 140 valence electrons. The second-order valence-corrected chi connectivity index (χ2v) is 7.00. The van der Waals surface area contributed by atoms with Crippen LogP contribution in [0.4, 0.5) is 5.69 Å². The number of ether oxygens (including phenoxy) is 1. The molecule has 0 spiro atoms. The van der Waals surface area contributed by atoms with E-state index in [0.29, 0.717) is 22.4 Å². The smallest absolute Gasteiger partial charge is 0.234 e. The molecule has 0 aliphatic rings. The molecule has 8 heteroatoms. The van der Waals surface area contributed by atoms with Crippen LogP contribution in [0.5, 0.6) is 5.75 Å². The third-order valence-corrected chi connectivity index (χ3v) is 4.67. The number of thioether (sulfide) groups is 1. The van der Waals surface area contributed by atoms with Gasteiger partial charge in [-0.25, -0.2) is 4.98 Å². The van der Waals surface area contributed by atoms with Crippen molar-refractivity contribution in [3.8, 4) is 17.1 Å². The predicted molar refractivity (Wildman–Crippen MR) is 104 cm³/mol. The van der Waals surface area contributed by atoms with Crippen LogP contribution < -0.4 is 10.1 Å². The quantitative estimate of drug-likeness (QED) is 0.616. The van der Waals surface area contributed by atoms with E-state index in [4.69, 9.17) is 9.26 Å². The van der Waals surface area contributed by atoms with Crippen LogP contribution in [0.2, 0.25) is 0 Å². The summed E-state index contributed by atoms with van der Waals surface area (Å²) < 4.78 is 10.4. The van der Waals surface area contributed by atoms with Crippen LogP contribution in [0, 0.1) is 0 Å². The molecule has 27 heavy (non-hydrogen) atoms. The van der Waals surface area contributed by atoms with Crippen molar-refractivity contribution in [2.45, 2.75) is 24.8 Å². The Morgan fingerprint density at radius 2 is 2.04 bits per heavy atom. The highest BCUT2D eigenvalue weighted by molar-refractivity contribution is 8.00. The first-order valence-electron chi connectivity index (χ1n) is 8.42. The summed E-state index contributed by atoms with van der Waals surface area (Å²) in [5, 5.41) is 7.56. The maximum absolute atomic E-state index is 12.2. The molecule has 3 aromatic rings. The third-order valence-electron chi connectivity index (χ3n) is 3.66. The Kier molecular flexibility index (Phi) is 6.08. The van der Waals surface area contributed by atoms with E-state index < -0.39 is 0 Å². The zero-order chi connectivity index (χ0) is 19.2. The maximum Gasteiger partial charge on any atom is 0.234 e. The van der Waals surface area contributed by atoms with Crippen LogP contribution in [0.3, 0.4) is 0 Å². The largest absolute Gasteiger partial charge is 0.497 e. The number of carbonyl (C=O) groups excluding carboxylic acids is 1. The average Bonchev–Trinajstić information content (AvgIpc) is 3.17. The Bertz CT molecular complexity index is 909. The lowest BCUT2D eigenvalue weighted by Gasteiger charge is -2.07. The first-order chi connectivity index (χ1) is 13.1. The van der Waals surface area contributed by atoms with Crippen molar-refractivity contribution < 1.29 is 14.1 Å². The molecular formula is C19H20N4O3S. The fourth-order valence-electron chi connectivity index (χ4n) is 2.26. The van der Waals surface area contributed by atoms with Gasteiger partial charge in [-0.2, -0.15) is 4.98 Å². The van der Waals surface area contributed by atoms with Gasteiger partial charge >= 0.3 is 0 Å². The van der Waals surface area contributed by atoms with E-state index in [1.54, 1.807) is 37.6 Å². The van der Waals surface area contributed by atoms with Gasteiger partial charge in [-0.05, 0) is 36.4 Å². The molecular weight excluding hydrogens is 364 g/mol. The van der Waals surface area contributed by atoms with Gasteiger partial charge in [0.15, 0.2) is 0 Å². The molecule has 0 aliphatic carbocycles. The molecule has 0 radical (unpaired) electrons. The molecule has 1 N–H and O–H groups in total. The van der Waals surface area contributed by atoms with Gasteiger partial charge in [-0.3, -0.25) is 4.79 Å². The van der Waals surface area contributed by atoms with Gasteiger partial charge in [0.05, 0.1) is 18.4 Å². The molecule has 3 rings (SSSR count). The predicted octanol–water partition coefficient (Wildman–Crippen LogP) is 3.99. The number of anilines is 1. The Balaban J connectivity index is 1.66. The number of nitrogens with zero attached hydrogens (tertiary/aromatic N) is 3. The van der Waals surface area contributed by atoms with E-state index in [9.17, 15) is 4.79 Å². The lowest BCUT2D eigenvalue weighted by atomic mass is 10.2. The minimum absolute atomic E-state index is 0.127. The number of methoxy groups -OCH3 is 1. The second kappa shape index (κ2) is 8.68. The van der Waals surface area contributed by atoms with Gasteiger partial charge in [0, 0.05) is 17.8 Å². The minimum Gasteiger partial charge on any atom is -0.497 e. The number of amides is 1. The lowest BCUT2D eigenvalue weighted by molar-refractivity contribution is -0.113. The van der Waals surface area contributed by atoms with Crippen LogP contribution in [0.1, 0.15) is 25.7 Å². The van der Waals surface area contributed by atoms with E-state index in [1.165, 1.54) is 11.8 Å². The van der Waals surface area contributed by atoms with Crippen molar-refractivity contribution in [1.82, 2.24) is 15.1 Å². The Morgan fingerprint density at radius 1 is 1.26 bits per heavy atom. The van der Waals surface area contributed by atoms with Crippen LogP contribution in [0.15, 0.2) is 52.1 Å². The van der Waals surface area contributed by atoms with Crippen LogP contribution >= 0.6 is 11.8 Å². The van der Waals surface area contributed by atoms with E-state index in [-0.39, 0.29) is 17.6 Å². The molecule has 2 heterocycles. The molecule has 1 amide bonds. The number of nitrogens with one attached hydrogen (secondary N) is 1. The first kappa shape index (κ1) is 18.9. The number of benzene rings is 1. The number of rotatable bonds is 7. The summed E-state index contributed by atoms with van der Waals surface area (Å²) >= 11 is 1.33. The molecule has 0 unspecified atom stereocenters. The van der Waals surface area contributed by atoms with Crippen molar-refractivity contribution in [1.29, 1.82) is 0 Å². The molecule has 0 bridgehead atoms. The summed E-state index contributed by atoms with van der Waals surface area (Å²) in [7, 11) is 1.60. The fourth-order valence-corrected chi connectivity index (χ4v) is 3.05. The van der Waals surface area contributed by atoms with Crippen molar-refractivity contribution in [2.75, 3.05) is 18.2 Å². The molecule has 0 saturated carbocycles. The standard InChI is InChI=1S/C19H20N4O3S/c1-12(2)18-22-17(23-26-18)15-5-4-10-20-19(15)27-11-16(24)21-13-6-8-14(25-3)9-7-13/h4-10,12H,11H2,1-3H3,(H,21,24). The topological polar surface area (TPSA) is 90.1 Å². The number of hydrogen-bond acceptors (Lipinski definition) is 7. The van der Waals surface area contributed by atoms with E-state index >= 15 is 0 Å². The van der Waals surface area contributed by atoms with Gasteiger partial charge in [0.25, 0.3) is 0 Å². The monoisotopic (exact) mass is 384 g/mol. The van der Waals surface area contributed by atoms with Crippen molar-refractivity contribution >= 4 is 23.4 Å². The van der Waals surface area contributed by atoms with E-state index in [2.05, 4.69) is 20.4 Å². The number of aromatic nitrogens is 3. The summed E-state index contributed by atoms with van der Waals surface area (Å²) in [5.41, 5.74) is 1.46. The Labute approximate surface area is 161 Å². The molecule has 2 aromatic heterocycles. The summed E-state index contributed by atoms with van der Waals surface area (Å²) in [6.45, 7) is 3.97. The summed E-state index contributed by atoms with van der Waals surface area (Å²) in [4.78, 5) is 21.0. The van der Waals surface area contributed by atoms with Gasteiger partial charge in [0.1, 0.15) is 10.8 Å². The number of hydrogen-bond donors (Lipinski definition) is 1. The first-order valence-corrected chi connectivity index (χ1v) is 9.41. The Morgan fingerprint density at radius 3 is 2.70 bits per heavy atom. The highest BCUT2D eigenvalue weighted by Crippen LogP contribution is 2.28. The third kappa shape index (κ3) is 4.85. The second-order valence-electron chi connectivity index (χ2n) is 6.03. The normalized spacial score (nSPS) is 10.8. The lowest BCUT2D eigenvalue weighted by Crippen LogP contribution is -2.14. The molecule has 1 aromatic carbocycles. The highest BCUT2D eigenvalue weighted by atomic mass is 32.2.